The molecule has 2 rings (SSSR count). The number of carboxylic acids is 1. The summed E-state index contributed by atoms with van der Waals surface area (Å²) in [5.74, 6) is 1.50. The quantitative estimate of drug-likeness (QED) is 0.831. The third-order valence-corrected chi connectivity index (χ3v) is 5.08. The SMILES string of the molecule is COc1ccc(OCCC2NC(C(=O)O)CS2)c(C(C)(C)C)c1. The van der Waals surface area contributed by atoms with Crippen molar-refractivity contribution in [1.29, 1.82) is 0 Å². The maximum absolute atomic E-state index is 10.9. The lowest BCUT2D eigenvalue weighted by molar-refractivity contribution is -0.138. The summed E-state index contributed by atoms with van der Waals surface area (Å²) in [7, 11) is 1.66. The van der Waals surface area contributed by atoms with Crippen LogP contribution in [-0.4, -0.2) is 42.0 Å². The van der Waals surface area contributed by atoms with Crippen molar-refractivity contribution in [2.45, 2.75) is 44.0 Å². The molecule has 2 atom stereocenters. The lowest BCUT2D eigenvalue weighted by Crippen LogP contribution is -2.37. The molecule has 1 fully saturated rings. The molecule has 5 nitrogen and oxygen atoms in total. The third kappa shape index (κ3) is 4.78. The number of ether oxygens (including phenoxy) is 2. The Hall–Kier alpha value is -1.40. The van der Waals surface area contributed by atoms with E-state index in [1.165, 1.54) is 0 Å². The van der Waals surface area contributed by atoms with Crippen molar-refractivity contribution in [2.24, 2.45) is 0 Å². The second-order valence-corrected chi connectivity index (χ2v) is 7.86. The molecule has 6 heteroatoms. The molecule has 0 aromatic heterocycles. The Morgan fingerprint density at radius 3 is 2.74 bits per heavy atom. The minimum Gasteiger partial charge on any atom is -0.497 e. The van der Waals surface area contributed by atoms with Crippen molar-refractivity contribution in [3.05, 3.63) is 23.8 Å². The zero-order valence-electron chi connectivity index (χ0n) is 14.1. The van der Waals surface area contributed by atoms with Crippen LogP contribution in [0, 0.1) is 0 Å². The Kier molecular flexibility index (Phi) is 5.81. The van der Waals surface area contributed by atoms with Gasteiger partial charge >= 0.3 is 5.97 Å². The second kappa shape index (κ2) is 7.45. The van der Waals surface area contributed by atoms with Crippen LogP contribution in [0.15, 0.2) is 18.2 Å². The van der Waals surface area contributed by atoms with Gasteiger partial charge in [0.25, 0.3) is 0 Å². The van der Waals surface area contributed by atoms with E-state index >= 15 is 0 Å². The zero-order valence-corrected chi connectivity index (χ0v) is 14.9. The van der Waals surface area contributed by atoms with Gasteiger partial charge in [0.1, 0.15) is 17.5 Å². The van der Waals surface area contributed by atoms with Gasteiger partial charge in [-0.3, -0.25) is 10.1 Å². The van der Waals surface area contributed by atoms with Crippen molar-refractivity contribution >= 4 is 17.7 Å². The fraction of sp³-hybridized carbons (Fsp3) is 0.588. The summed E-state index contributed by atoms with van der Waals surface area (Å²) in [5.41, 5.74) is 1.06. The smallest absolute Gasteiger partial charge is 0.321 e. The Morgan fingerprint density at radius 2 is 2.17 bits per heavy atom. The summed E-state index contributed by atoms with van der Waals surface area (Å²) in [6.45, 7) is 6.97. The van der Waals surface area contributed by atoms with E-state index in [9.17, 15) is 4.79 Å². The highest BCUT2D eigenvalue weighted by molar-refractivity contribution is 8.00. The maximum Gasteiger partial charge on any atom is 0.321 e. The molecule has 128 valence electrons. The molecule has 1 aliphatic heterocycles. The van der Waals surface area contributed by atoms with E-state index in [2.05, 4.69) is 26.1 Å². The van der Waals surface area contributed by atoms with Gasteiger partial charge in [-0.1, -0.05) is 20.8 Å². The average molecular weight is 339 g/mol. The summed E-state index contributed by atoms with van der Waals surface area (Å²) in [5, 5.41) is 12.2. The molecular formula is C17H25NO4S. The number of thioether (sulfide) groups is 1. The Bertz CT molecular complexity index is 556. The van der Waals surface area contributed by atoms with Crippen LogP contribution in [0.4, 0.5) is 0 Å². The average Bonchev–Trinajstić information content (AvgIpc) is 2.95. The molecule has 0 saturated carbocycles. The van der Waals surface area contributed by atoms with Crippen LogP contribution in [0.3, 0.4) is 0 Å². The molecule has 1 saturated heterocycles. The van der Waals surface area contributed by atoms with Crippen molar-refractivity contribution in [3.63, 3.8) is 0 Å². The van der Waals surface area contributed by atoms with Crippen LogP contribution >= 0.6 is 11.8 Å². The summed E-state index contributed by atoms with van der Waals surface area (Å²) in [6.07, 6.45) is 0.768. The topological polar surface area (TPSA) is 67.8 Å². The molecule has 0 aliphatic carbocycles. The standard InChI is InChI=1S/C17H25NO4S/c1-17(2,3)12-9-11(21-4)5-6-14(12)22-8-7-15-18-13(10-23-15)16(19)20/h5-6,9,13,15,18H,7-8,10H2,1-4H3,(H,19,20). The van der Waals surface area contributed by atoms with Crippen LogP contribution in [-0.2, 0) is 10.2 Å². The minimum absolute atomic E-state index is 0.0430. The molecule has 23 heavy (non-hydrogen) atoms. The van der Waals surface area contributed by atoms with Crippen LogP contribution in [0.2, 0.25) is 0 Å². The normalized spacial score (nSPS) is 21.2. The largest absolute Gasteiger partial charge is 0.497 e. The molecule has 2 unspecified atom stereocenters. The second-order valence-electron chi connectivity index (χ2n) is 6.63. The van der Waals surface area contributed by atoms with E-state index in [-0.39, 0.29) is 10.8 Å². The van der Waals surface area contributed by atoms with Crippen LogP contribution in [0.1, 0.15) is 32.8 Å². The van der Waals surface area contributed by atoms with E-state index < -0.39 is 12.0 Å². The number of nitrogens with one attached hydrogen (secondary N) is 1. The summed E-state index contributed by atoms with van der Waals surface area (Å²) in [6, 6.07) is 5.40. The summed E-state index contributed by atoms with van der Waals surface area (Å²) >= 11 is 1.64. The molecular weight excluding hydrogens is 314 g/mol. The van der Waals surface area contributed by atoms with E-state index in [1.54, 1.807) is 18.9 Å². The highest BCUT2D eigenvalue weighted by atomic mass is 32.2. The third-order valence-electron chi connectivity index (χ3n) is 3.78. The first kappa shape index (κ1) is 17.9. The molecule has 0 amide bonds. The Balaban J connectivity index is 1.94. The highest BCUT2D eigenvalue weighted by Gasteiger charge is 2.29. The summed E-state index contributed by atoms with van der Waals surface area (Å²) < 4.78 is 11.3. The first-order valence-corrected chi connectivity index (χ1v) is 8.78. The van der Waals surface area contributed by atoms with Gasteiger partial charge in [0.2, 0.25) is 0 Å². The number of carbonyl (C=O) groups is 1. The molecule has 0 bridgehead atoms. The lowest BCUT2D eigenvalue weighted by atomic mass is 9.86. The van der Waals surface area contributed by atoms with Crippen molar-refractivity contribution < 1.29 is 19.4 Å². The van der Waals surface area contributed by atoms with Gasteiger partial charge in [-0.2, -0.15) is 0 Å². The number of carboxylic acid groups (broad SMARTS) is 1. The summed E-state index contributed by atoms with van der Waals surface area (Å²) in [4.78, 5) is 10.9. The van der Waals surface area contributed by atoms with Gasteiger partial charge in [-0.25, -0.2) is 0 Å². The van der Waals surface area contributed by atoms with E-state index in [0.29, 0.717) is 12.4 Å². The van der Waals surface area contributed by atoms with Gasteiger partial charge in [-0.05, 0) is 23.6 Å². The number of rotatable bonds is 6. The van der Waals surface area contributed by atoms with Gasteiger partial charge in [0.15, 0.2) is 0 Å². The number of benzene rings is 1. The Labute approximate surface area is 141 Å². The molecule has 0 spiro atoms. The van der Waals surface area contributed by atoms with E-state index in [1.807, 2.05) is 18.2 Å². The number of hydrogen-bond donors (Lipinski definition) is 2. The predicted octanol–water partition coefficient (Wildman–Crippen LogP) is 2.88. The monoisotopic (exact) mass is 339 g/mol. The molecule has 0 radical (unpaired) electrons. The fourth-order valence-electron chi connectivity index (χ4n) is 2.47. The predicted molar refractivity (Wildman–Crippen MR) is 92.6 cm³/mol. The van der Waals surface area contributed by atoms with Crippen LogP contribution in [0.5, 0.6) is 11.5 Å². The van der Waals surface area contributed by atoms with Crippen LogP contribution in [0.25, 0.3) is 0 Å². The van der Waals surface area contributed by atoms with Gasteiger partial charge in [0, 0.05) is 17.7 Å². The van der Waals surface area contributed by atoms with E-state index in [0.717, 1.165) is 23.5 Å². The van der Waals surface area contributed by atoms with Crippen molar-refractivity contribution in [1.82, 2.24) is 5.32 Å². The molecule has 1 aromatic carbocycles. The molecule has 1 heterocycles. The maximum atomic E-state index is 10.9. The van der Waals surface area contributed by atoms with Gasteiger partial charge < -0.3 is 14.6 Å². The van der Waals surface area contributed by atoms with Gasteiger partial charge in [0.05, 0.1) is 19.1 Å². The highest BCUT2D eigenvalue weighted by Crippen LogP contribution is 2.34. The lowest BCUT2D eigenvalue weighted by Gasteiger charge is -2.24. The number of hydrogen-bond acceptors (Lipinski definition) is 5. The minimum atomic E-state index is -0.786. The first-order chi connectivity index (χ1) is 10.8. The van der Waals surface area contributed by atoms with Crippen molar-refractivity contribution in [2.75, 3.05) is 19.5 Å². The molecule has 1 aliphatic rings. The number of aliphatic carboxylic acids is 1. The van der Waals surface area contributed by atoms with Crippen LogP contribution < -0.4 is 14.8 Å². The van der Waals surface area contributed by atoms with E-state index in [4.69, 9.17) is 14.6 Å². The van der Waals surface area contributed by atoms with Crippen molar-refractivity contribution in [3.8, 4) is 11.5 Å². The molecule has 2 N–H and O–H groups in total. The van der Waals surface area contributed by atoms with Gasteiger partial charge in [-0.15, -0.1) is 11.8 Å². The Morgan fingerprint density at radius 1 is 1.43 bits per heavy atom. The zero-order chi connectivity index (χ0) is 17.0. The fourth-order valence-corrected chi connectivity index (χ4v) is 3.65. The number of methoxy groups -OCH3 is 1. The first-order valence-electron chi connectivity index (χ1n) is 7.73. The molecule has 1 aromatic rings.